The first-order valence-corrected chi connectivity index (χ1v) is 6.53. The number of nitrogens with zero attached hydrogens (tertiary/aromatic N) is 1. The molecule has 0 unspecified atom stereocenters. The molecule has 0 rings (SSSR count). The Kier molecular flexibility index (Phi) is 13.7. The Bertz CT molecular complexity index is 177. The summed E-state index contributed by atoms with van der Waals surface area (Å²) in [6, 6.07) is 0. The Morgan fingerprint density at radius 1 is 0.938 bits per heavy atom. The van der Waals surface area contributed by atoms with Crippen molar-refractivity contribution in [3.63, 3.8) is 0 Å². The maximum atomic E-state index is 9.79. The number of unbranched alkanes of at least 4 members (excludes halogenated alkanes) is 7. The van der Waals surface area contributed by atoms with E-state index in [-0.39, 0.29) is 0 Å². The third-order valence-corrected chi connectivity index (χ3v) is 2.58. The summed E-state index contributed by atoms with van der Waals surface area (Å²) >= 11 is 0. The Morgan fingerprint density at radius 3 is 2.06 bits per heavy atom. The second-order valence-corrected chi connectivity index (χ2v) is 4.00. The molecule has 0 heterocycles. The summed E-state index contributed by atoms with van der Waals surface area (Å²) in [5.41, 5.74) is 0. The second-order valence-electron chi connectivity index (χ2n) is 4.00. The van der Waals surface area contributed by atoms with Crippen LogP contribution in [-0.4, -0.2) is 25.8 Å². The fraction of sp³-hybridized carbons (Fsp3) is 0.923. The van der Waals surface area contributed by atoms with Crippen molar-refractivity contribution in [1.82, 2.24) is 0 Å². The van der Waals surface area contributed by atoms with Gasteiger partial charge in [0.2, 0.25) is 6.08 Å². The zero-order valence-corrected chi connectivity index (χ0v) is 10.5. The zero-order chi connectivity index (χ0) is 11.9. The van der Waals surface area contributed by atoms with E-state index in [0.717, 1.165) is 19.6 Å². The number of hydrogen-bond donors (Lipinski definition) is 0. The summed E-state index contributed by atoms with van der Waals surface area (Å²) in [7, 11) is 0. The van der Waals surface area contributed by atoms with E-state index < -0.39 is 0 Å². The fourth-order valence-corrected chi connectivity index (χ4v) is 1.65. The van der Waals surface area contributed by atoms with Crippen LogP contribution in [0.25, 0.3) is 0 Å². The highest BCUT2D eigenvalue weighted by molar-refractivity contribution is 5.32. The highest BCUT2D eigenvalue weighted by Crippen LogP contribution is 2.08. The quantitative estimate of drug-likeness (QED) is 0.291. The van der Waals surface area contributed by atoms with Crippen LogP contribution < -0.4 is 0 Å². The predicted octanol–water partition coefficient (Wildman–Crippen LogP) is 3.48. The summed E-state index contributed by atoms with van der Waals surface area (Å²) < 4.78 is 5.27. The van der Waals surface area contributed by atoms with Gasteiger partial charge in [0.25, 0.3) is 0 Å². The van der Waals surface area contributed by atoms with E-state index in [1.165, 1.54) is 44.9 Å². The molecule has 0 atom stereocenters. The summed E-state index contributed by atoms with van der Waals surface area (Å²) in [4.78, 5) is 13.3. The van der Waals surface area contributed by atoms with Gasteiger partial charge in [-0.05, 0) is 19.8 Å². The van der Waals surface area contributed by atoms with E-state index in [4.69, 9.17) is 4.74 Å². The Labute approximate surface area is 99.3 Å². The molecule has 16 heavy (non-hydrogen) atoms. The van der Waals surface area contributed by atoms with Gasteiger partial charge in [0.05, 0.1) is 6.54 Å². The molecule has 0 N–H and O–H groups in total. The van der Waals surface area contributed by atoms with Crippen LogP contribution in [0.5, 0.6) is 0 Å². The number of isocyanates is 1. The highest BCUT2D eigenvalue weighted by Gasteiger charge is 1.92. The van der Waals surface area contributed by atoms with Crippen molar-refractivity contribution in [3.05, 3.63) is 0 Å². The molecule has 0 aliphatic carbocycles. The summed E-state index contributed by atoms with van der Waals surface area (Å²) in [5, 5.41) is 0. The SMILES string of the molecule is CCOCCCCCCCCCCN=C=O. The first kappa shape index (κ1) is 15.3. The predicted molar refractivity (Wildman–Crippen MR) is 66.4 cm³/mol. The highest BCUT2D eigenvalue weighted by atomic mass is 16.5. The molecule has 0 aliphatic heterocycles. The molecule has 0 bridgehead atoms. The number of carbonyl (C=O) groups excluding carboxylic acids is 1. The largest absolute Gasteiger partial charge is 0.382 e. The molecule has 0 fully saturated rings. The molecular weight excluding hydrogens is 202 g/mol. The van der Waals surface area contributed by atoms with E-state index in [0.29, 0.717) is 6.54 Å². The fourth-order valence-electron chi connectivity index (χ4n) is 1.65. The topological polar surface area (TPSA) is 38.7 Å². The van der Waals surface area contributed by atoms with E-state index in [2.05, 4.69) is 4.99 Å². The molecule has 0 aromatic carbocycles. The lowest BCUT2D eigenvalue weighted by Crippen LogP contribution is -1.92. The van der Waals surface area contributed by atoms with E-state index in [9.17, 15) is 4.79 Å². The molecule has 3 nitrogen and oxygen atoms in total. The molecule has 3 heteroatoms. The average Bonchev–Trinajstić information content (AvgIpc) is 2.31. The van der Waals surface area contributed by atoms with Crippen molar-refractivity contribution < 1.29 is 9.53 Å². The van der Waals surface area contributed by atoms with Crippen LogP contribution in [0.1, 0.15) is 58.3 Å². The van der Waals surface area contributed by atoms with E-state index in [1.54, 1.807) is 6.08 Å². The Balaban J connectivity index is 2.90. The monoisotopic (exact) mass is 227 g/mol. The Hall–Kier alpha value is -0.660. The number of ether oxygens (including phenoxy) is 1. The van der Waals surface area contributed by atoms with Crippen LogP contribution in [0.15, 0.2) is 4.99 Å². The number of aliphatic imine (C=N–C) groups is 1. The molecular formula is C13H25NO2. The average molecular weight is 227 g/mol. The van der Waals surface area contributed by atoms with Gasteiger partial charge in [0, 0.05) is 13.2 Å². The maximum Gasteiger partial charge on any atom is 0.234 e. The molecule has 0 aliphatic rings. The van der Waals surface area contributed by atoms with Crippen LogP contribution in [0.2, 0.25) is 0 Å². The minimum absolute atomic E-state index is 0.651. The van der Waals surface area contributed by atoms with Gasteiger partial charge < -0.3 is 4.74 Å². The third-order valence-electron chi connectivity index (χ3n) is 2.58. The van der Waals surface area contributed by atoms with Gasteiger partial charge in [-0.25, -0.2) is 9.79 Å². The van der Waals surface area contributed by atoms with Gasteiger partial charge in [-0.3, -0.25) is 0 Å². The molecule has 0 aromatic rings. The minimum Gasteiger partial charge on any atom is -0.382 e. The molecule has 0 saturated carbocycles. The normalized spacial score (nSPS) is 10.1. The Morgan fingerprint density at radius 2 is 1.50 bits per heavy atom. The van der Waals surface area contributed by atoms with Crippen LogP contribution in [0.4, 0.5) is 0 Å². The van der Waals surface area contributed by atoms with Gasteiger partial charge >= 0.3 is 0 Å². The van der Waals surface area contributed by atoms with Crippen molar-refractivity contribution in [2.24, 2.45) is 4.99 Å². The van der Waals surface area contributed by atoms with Crippen molar-refractivity contribution in [3.8, 4) is 0 Å². The van der Waals surface area contributed by atoms with Gasteiger partial charge in [-0.15, -0.1) is 0 Å². The molecule has 0 amide bonds. The van der Waals surface area contributed by atoms with Crippen LogP contribution in [-0.2, 0) is 9.53 Å². The minimum atomic E-state index is 0.651. The van der Waals surface area contributed by atoms with Crippen LogP contribution >= 0.6 is 0 Å². The standard InChI is InChI=1S/C13H25NO2/c1-2-16-12-10-8-6-4-3-5-7-9-11-14-13-15/h2-12H2,1H3. The maximum absolute atomic E-state index is 9.79. The first-order chi connectivity index (χ1) is 7.91. The lowest BCUT2D eigenvalue weighted by Gasteiger charge is -2.02. The van der Waals surface area contributed by atoms with Crippen molar-refractivity contribution in [2.45, 2.75) is 58.3 Å². The van der Waals surface area contributed by atoms with Crippen LogP contribution in [0.3, 0.4) is 0 Å². The van der Waals surface area contributed by atoms with Crippen molar-refractivity contribution in [2.75, 3.05) is 19.8 Å². The van der Waals surface area contributed by atoms with Crippen molar-refractivity contribution in [1.29, 1.82) is 0 Å². The molecule has 0 spiro atoms. The number of rotatable bonds is 12. The van der Waals surface area contributed by atoms with Gasteiger partial charge in [-0.2, -0.15) is 0 Å². The smallest absolute Gasteiger partial charge is 0.234 e. The lowest BCUT2D eigenvalue weighted by molar-refractivity contribution is 0.143. The van der Waals surface area contributed by atoms with Crippen molar-refractivity contribution >= 4 is 6.08 Å². The molecule has 0 aromatic heterocycles. The zero-order valence-electron chi connectivity index (χ0n) is 10.5. The van der Waals surface area contributed by atoms with Crippen LogP contribution in [0, 0.1) is 0 Å². The first-order valence-electron chi connectivity index (χ1n) is 6.53. The summed E-state index contributed by atoms with van der Waals surface area (Å²) in [5.74, 6) is 0. The van der Waals surface area contributed by atoms with E-state index in [1.807, 2.05) is 6.92 Å². The summed E-state index contributed by atoms with van der Waals surface area (Å²) in [6.45, 7) is 4.44. The molecule has 94 valence electrons. The molecule has 0 radical (unpaired) electrons. The van der Waals surface area contributed by atoms with Gasteiger partial charge in [0.1, 0.15) is 0 Å². The number of hydrogen-bond acceptors (Lipinski definition) is 3. The second kappa shape index (κ2) is 14.3. The van der Waals surface area contributed by atoms with Gasteiger partial charge in [0.15, 0.2) is 0 Å². The molecule has 0 saturated heterocycles. The third kappa shape index (κ3) is 13.3. The lowest BCUT2D eigenvalue weighted by atomic mass is 10.1. The van der Waals surface area contributed by atoms with E-state index >= 15 is 0 Å². The van der Waals surface area contributed by atoms with Gasteiger partial charge in [-0.1, -0.05) is 38.5 Å². The summed E-state index contributed by atoms with van der Waals surface area (Å²) in [6.07, 6.45) is 11.5.